The second-order valence-electron chi connectivity index (χ2n) is 9.19. The number of sulfonamides is 1. The molecule has 1 N–H and O–H groups in total. The monoisotopic (exact) mass is 531 g/mol. The van der Waals surface area contributed by atoms with Crippen molar-refractivity contribution in [2.75, 3.05) is 4.90 Å². The first-order valence-corrected chi connectivity index (χ1v) is 14.7. The molecule has 0 radical (unpaired) electrons. The van der Waals surface area contributed by atoms with Crippen LogP contribution in [-0.2, 0) is 40.6 Å². The molecule has 0 aliphatic heterocycles. The van der Waals surface area contributed by atoms with Crippen LogP contribution in [0.4, 0.5) is 5.69 Å². The minimum Gasteiger partial charge on any atom is -0.308 e. The van der Waals surface area contributed by atoms with E-state index in [2.05, 4.69) is 9.71 Å². The summed E-state index contributed by atoms with van der Waals surface area (Å²) >= 11 is 1.56. The van der Waals surface area contributed by atoms with Crippen molar-refractivity contribution in [1.82, 2.24) is 9.71 Å². The molecule has 2 aromatic carbocycles. The lowest BCUT2D eigenvalue weighted by Crippen LogP contribution is -2.32. The third-order valence-corrected chi connectivity index (χ3v) is 9.09. The SMILES string of the molecule is CCc1ccc(S(=O)(=O)NC2CCc3ccc(N(Cc4cccnc4)C(=O)Cc4cccs4)cc32)cc1. The Hall–Kier alpha value is -3.33. The highest BCUT2D eigenvalue weighted by Crippen LogP contribution is 2.36. The number of hydrogen-bond donors (Lipinski definition) is 1. The van der Waals surface area contributed by atoms with E-state index in [0.717, 1.165) is 45.7 Å². The van der Waals surface area contributed by atoms with Crippen LogP contribution < -0.4 is 9.62 Å². The molecule has 8 heteroatoms. The summed E-state index contributed by atoms with van der Waals surface area (Å²) < 4.78 is 29.2. The van der Waals surface area contributed by atoms with Gasteiger partial charge in [0.1, 0.15) is 0 Å². The molecule has 5 rings (SSSR count). The van der Waals surface area contributed by atoms with E-state index in [1.54, 1.807) is 40.8 Å². The number of pyridine rings is 1. The van der Waals surface area contributed by atoms with E-state index in [0.29, 0.717) is 19.4 Å². The van der Waals surface area contributed by atoms with Crippen LogP contribution in [-0.4, -0.2) is 19.3 Å². The molecule has 2 aromatic heterocycles. The van der Waals surface area contributed by atoms with Gasteiger partial charge >= 0.3 is 0 Å². The lowest BCUT2D eigenvalue weighted by molar-refractivity contribution is -0.118. The Kier molecular flexibility index (Phi) is 7.50. The molecule has 1 unspecified atom stereocenters. The second kappa shape index (κ2) is 11.0. The number of carbonyl (C=O) groups excluding carboxylic acids is 1. The Morgan fingerprint density at radius 2 is 1.92 bits per heavy atom. The van der Waals surface area contributed by atoms with E-state index < -0.39 is 10.0 Å². The average molecular weight is 532 g/mol. The first kappa shape index (κ1) is 25.3. The molecule has 0 bridgehead atoms. The molecular formula is C29H29N3O3S2. The number of thiophene rings is 1. The van der Waals surface area contributed by atoms with E-state index in [1.165, 1.54) is 0 Å². The predicted octanol–water partition coefficient (Wildman–Crippen LogP) is 5.45. The number of nitrogens with one attached hydrogen (secondary N) is 1. The number of benzene rings is 2. The van der Waals surface area contributed by atoms with Gasteiger partial charge in [0.15, 0.2) is 0 Å². The average Bonchev–Trinajstić information content (AvgIpc) is 3.57. The smallest absolute Gasteiger partial charge is 0.241 e. The van der Waals surface area contributed by atoms with Crippen molar-refractivity contribution in [2.45, 2.75) is 50.1 Å². The molecule has 0 saturated carbocycles. The van der Waals surface area contributed by atoms with Gasteiger partial charge in [-0.2, -0.15) is 0 Å². The van der Waals surface area contributed by atoms with Gasteiger partial charge in [0.2, 0.25) is 15.9 Å². The molecule has 0 saturated heterocycles. The van der Waals surface area contributed by atoms with E-state index in [9.17, 15) is 13.2 Å². The summed E-state index contributed by atoms with van der Waals surface area (Å²) in [5, 5.41) is 1.97. The summed E-state index contributed by atoms with van der Waals surface area (Å²) in [6, 6.07) is 20.3. The molecular weight excluding hydrogens is 502 g/mol. The van der Waals surface area contributed by atoms with Gasteiger partial charge in [-0.25, -0.2) is 13.1 Å². The van der Waals surface area contributed by atoms with Crippen LogP contribution in [0.2, 0.25) is 0 Å². The summed E-state index contributed by atoms with van der Waals surface area (Å²) in [6.45, 7) is 2.43. The molecule has 2 heterocycles. The summed E-state index contributed by atoms with van der Waals surface area (Å²) in [7, 11) is -3.68. The fourth-order valence-electron chi connectivity index (χ4n) is 4.69. The van der Waals surface area contributed by atoms with Crippen molar-refractivity contribution in [3.63, 3.8) is 0 Å². The molecule has 190 valence electrons. The molecule has 1 aliphatic carbocycles. The van der Waals surface area contributed by atoms with E-state index in [1.807, 2.05) is 66.9 Å². The predicted molar refractivity (Wildman–Crippen MR) is 147 cm³/mol. The third kappa shape index (κ3) is 5.82. The van der Waals surface area contributed by atoms with Crippen molar-refractivity contribution in [2.24, 2.45) is 0 Å². The summed E-state index contributed by atoms with van der Waals surface area (Å²) in [5.74, 6) is -0.0163. The minimum atomic E-state index is -3.68. The molecule has 4 aromatic rings. The number of aryl methyl sites for hydroxylation is 2. The highest BCUT2D eigenvalue weighted by Gasteiger charge is 2.29. The molecule has 0 fully saturated rings. The van der Waals surface area contributed by atoms with Gasteiger partial charge in [0.25, 0.3) is 0 Å². The van der Waals surface area contributed by atoms with Crippen LogP contribution >= 0.6 is 11.3 Å². The van der Waals surface area contributed by atoms with Gasteiger partial charge in [0.05, 0.1) is 17.9 Å². The molecule has 1 atom stereocenters. The molecule has 6 nitrogen and oxygen atoms in total. The maximum atomic E-state index is 13.5. The van der Waals surface area contributed by atoms with E-state index >= 15 is 0 Å². The van der Waals surface area contributed by atoms with Crippen LogP contribution in [0.3, 0.4) is 0 Å². The van der Waals surface area contributed by atoms with Crippen LogP contribution in [0, 0.1) is 0 Å². The van der Waals surface area contributed by atoms with E-state index in [4.69, 9.17) is 0 Å². The molecule has 1 amide bonds. The van der Waals surface area contributed by atoms with Gasteiger partial charge < -0.3 is 4.90 Å². The number of fused-ring (bicyclic) bond motifs is 1. The Balaban J connectivity index is 1.43. The van der Waals surface area contributed by atoms with Crippen molar-refractivity contribution in [3.8, 4) is 0 Å². The maximum absolute atomic E-state index is 13.5. The van der Waals surface area contributed by atoms with Gasteiger partial charge in [-0.05, 0) is 83.3 Å². The van der Waals surface area contributed by atoms with Gasteiger partial charge in [-0.15, -0.1) is 11.3 Å². The van der Waals surface area contributed by atoms with E-state index in [-0.39, 0.29) is 16.8 Å². The largest absolute Gasteiger partial charge is 0.308 e. The Morgan fingerprint density at radius 3 is 2.62 bits per heavy atom. The highest BCUT2D eigenvalue weighted by molar-refractivity contribution is 7.89. The van der Waals surface area contributed by atoms with Crippen molar-refractivity contribution < 1.29 is 13.2 Å². The first-order chi connectivity index (χ1) is 17.9. The van der Waals surface area contributed by atoms with Crippen molar-refractivity contribution >= 4 is 33.0 Å². The van der Waals surface area contributed by atoms with Crippen LogP contribution in [0.5, 0.6) is 0 Å². The third-order valence-electron chi connectivity index (χ3n) is 6.73. The number of rotatable bonds is 9. The quantitative estimate of drug-likeness (QED) is 0.312. The first-order valence-electron chi connectivity index (χ1n) is 12.4. The van der Waals surface area contributed by atoms with Crippen molar-refractivity contribution in [3.05, 3.63) is 112 Å². The zero-order valence-corrected chi connectivity index (χ0v) is 22.3. The van der Waals surface area contributed by atoms with Crippen LogP contribution in [0.25, 0.3) is 0 Å². The number of anilines is 1. The van der Waals surface area contributed by atoms with Gasteiger partial charge in [0, 0.05) is 29.0 Å². The normalized spacial score (nSPS) is 14.9. The number of carbonyl (C=O) groups is 1. The molecule has 0 spiro atoms. The Morgan fingerprint density at radius 1 is 1.08 bits per heavy atom. The topological polar surface area (TPSA) is 79.4 Å². The van der Waals surface area contributed by atoms with Crippen molar-refractivity contribution in [1.29, 1.82) is 0 Å². The lowest BCUT2D eigenvalue weighted by atomic mass is 10.1. The van der Waals surface area contributed by atoms with Gasteiger partial charge in [-0.3, -0.25) is 9.78 Å². The lowest BCUT2D eigenvalue weighted by Gasteiger charge is -2.24. The van der Waals surface area contributed by atoms with Gasteiger partial charge in [-0.1, -0.05) is 37.3 Å². The number of amides is 1. The highest BCUT2D eigenvalue weighted by atomic mass is 32.2. The Bertz CT molecular complexity index is 1470. The number of aromatic nitrogens is 1. The maximum Gasteiger partial charge on any atom is 0.241 e. The minimum absolute atomic E-state index is 0.0163. The molecule has 37 heavy (non-hydrogen) atoms. The number of nitrogens with zero attached hydrogens (tertiary/aromatic N) is 2. The standard InChI is InChI=1S/C29H29N3O3S2/c1-2-21-7-12-26(13-8-21)37(34,35)31-28-14-10-23-9-11-24(17-27(23)28)32(20-22-5-3-15-30-19-22)29(33)18-25-6-4-16-36-25/h3-9,11-13,15-17,19,28,31H,2,10,14,18,20H2,1H3. The summed E-state index contributed by atoms with van der Waals surface area (Å²) in [5.41, 5.74) is 4.80. The fraction of sp³-hybridized carbons (Fsp3) is 0.241. The zero-order chi connectivity index (χ0) is 25.8. The Labute approximate surface area is 222 Å². The number of hydrogen-bond acceptors (Lipinski definition) is 5. The summed E-state index contributed by atoms with van der Waals surface area (Å²) in [4.78, 5) is 20.7. The second-order valence-corrected chi connectivity index (χ2v) is 11.9. The zero-order valence-electron chi connectivity index (χ0n) is 20.6. The molecule has 1 aliphatic rings. The summed E-state index contributed by atoms with van der Waals surface area (Å²) in [6.07, 6.45) is 6.09. The van der Waals surface area contributed by atoms with Crippen LogP contribution in [0.1, 0.15) is 46.5 Å². The van der Waals surface area contributed by atoms with Crippen LogP contribution in [0.15, 0.2) is 89.4 Å². The fourth-order valence-corrected chi connectivity index (χ4v) is 6.64.